The zero-order chi connectivity index (χ0) is 18.6. The van der Waals surface area contributed by atoms with Gasteiger partial charge in [0.25, 0.3) is 0 Å². The third-order valence-electron chi connectivity index (χ3n) is 3.52. The first-order chi connectivity index (χ1) is 11.7. The maximum atomic E-state index is 12.5. The van der Waals surface area contributed by atoms with Gasteiger partial charge in [0.2, 0.25) is 5.91 Å². The van der Waals surface area contributed by atoms with E-state index < -0.39 is 17.8 Å². The first kappa shape index (κ1) is 18.6. The SMILES string of the molecule is COc1ccc(C(C)NC(=O)Cn2ccc(C(F)(F)F)n2)cc1OC. The van der Waals surface area contributed by atoms with Crippen molar-refractivity contribution in [1.29, 1.82) is 0 Å². The summed E-state index contributed by atoms with van der Waals surface area (Å²) in [5, 5.41) is 6.05. The highest BCUT2D eigenvalue weighted by atomic mass is 19.4. The normalized spacial score (nSPS) is 12.6. The number of hydrogen-bond acceptors (Lipinski definition) is 4. The van der Waals surface area contributed by atoms with Crippen LogP contribution in [-0.4, -0.2) is 29.9 Å². The summed E-state index contributed by atoms with van der Waals surface area (Å²) < 4.78 is 48.8. The number of alkyl halides is 3. The Balaban J connectivity index is 2.01. The first-order valence-corrected chi connectivity index (χ1v) is 7.36. The van der Waals surface area contributed by atoms with Crippen molar-refractivity contribution in [3.63, 3.8) is 0 Å². The molecule has 2 rings (SSSR count). The van der Waals surface area contributed by atoms with Gasteiger partial charge < -0.3 is 14.8 Å². The highest BCUT2D eigenvalue weighted by Crippen LogP contribution is 2.30. The van der Waals surface area contributed by atoms with Gasteiger partial charge in [0, 0.05) is 6.20 Å². The molecule has 0 saturated carbocycles. The molecule has 0 aliphatic rings. The summed E-state index contributed by atoms with van der Waals surface area (Å²) in [6.45, 7) is 1.44. The molecule has 1 amide bonds. The Bertz CT molecular complexity index is 744. The molecule has 0 radical (unpaired) electrons. The largest absolute Gasteiger partial charge is 0.493 e. The fraction of sp³-hybridized carbons (Fsp3) is 0.375. The maximum absolute atomic E-state index is 12.5. The molecule has 9 heteroatoms. The summed E-state index contributed by atoms with van der Waals surface area (Å²) >= 11 is 0. The number of ether oxygens (including phenoxy) is 2. The van der Waals surface area contributed by atoms with Crippen molar-refractivity contribution in [3.8, 4) is 11.5 Å². The predicted octanol–water partition coefficient (Wildman–Crippen LogP) is 2.80. The van der Waals surface area contributed by atoms with E-state index >= 15 is 0 Å². The highest BCUT2D eigenvalue weighted by Gasteiger charge is 2.33. The van der Waals surface area contributed by atoms with E-state index in [-0.39, 0.29) is 12.6 Å². The average molecular weight is 357 g/mol. The van der Waals surface area contributed by atoms with Crippen molar-refractivity contribution >= 4 is 5.91 Å². The Kier molecular flexibility index (Phi) is 5.55. The molecule has 2 aromatic rings. The summed E-state index contributed by atoms with van der Waals surface area (Å²) in [4.78, 5) is 12.0. The van der Waals surface area contributed by atoms with Crippen molar-refractivity contribution in [2.75, 3.05) is 14.2 Å². The second-order valence-corrected chi connectivity index (χ2v) is 5.30. The van der Waals surface area contributed by atoms with Gasteiger partial charge in [-0.15, -0.1) is 0 Å². The summed E-state index contributed by atoms with van der Waals surface area (Å²) in [5.74, 6) is 0.614. The minimum atomic E-state index is -4.53. The number of aromatic nitrogens is 2. The summed E-state index contributed by atoms with van der Waals surface area (Å²) in [7, 11) is 3.02. The number of methoxy groups -OCH3 is 2. The molecule has 25 heavy (non-hydrogen) atoms. The number of amides is 1. The molecular weight excluding hydrogens is 339 g/mol. The maximum Gasteiger partial charge on any atom is 0.435 e. The molecule has 1 heterocycles. The molecule has 6 nitrogen and oxygen atoms in total. The van der Waals surface area contributed by atoms with Crippen LogP contribution in [0.5, 0.6) is 11.5 Å². The van der Waals surface area contributed by atoms with Crippen molar-refractivity contribution in [3.05, 3.63) is 41.7 Å². The number of rotatable bonds is 6. The van der Waals surface area contributed by atoms with Gasteiger partial charge in [-0.25, -0.2) is 0 Å². The first-order valence-electron chi connectivity index (χ1n) is 7.36. The molecule has 136 valence electrons. The lowest BCUT2D eigenvalue weighted by Gasteiger charge is -2.16. The number of halogens is 3. The number of carbonyl (C=O) groups excluding carboxylic acids is 1. The van der Waals surface area contributed by atoms with Gasteiger partial charge in [0.1, 0.15) is 6.54 Å². The number of nitrogens with zero attached hydrogens (tertiary/aromatic N) is 2. The molecule has 0 bridgehead atoms. The lowest BCUT2D eigenvalue weighted by molar-refractivity contribution is -0.141. The van der Waals surface area contributed by atoms with Gasteiger partial charge in [0.05, 0.1) is 20.3 Å². The van der Waals surface area contributed by atoms with Crippen LogP contribution in [0.25, 0.3) is 0 Å². The molecule has 1 aromatic carbocycles. The van der Waals surface area contributed by atoms with E-state index in [0.717, 1.165) is 22.5 Å². The Morgan fingerprint density at radius 1 is 1.24 bits per heavy atom. The van der Waals surface area contributed by atoms with Gasteiger partial charge in [-0.2, -0.15) is 18.3 Å². The van der Waals surface area contributed by atoms with Crippen LogP contribution < -0.4 is 14.8 Å². The number of nitrogens with one attached hydrogen (secondary N) is 1. The minimum Gasteiger partial charge on any atom is -0.493 e. The van der Waals surface area contributed by atoms with Crippen LogP contribution in [0.3, 0.4) is 0 Å². The number of hydrogen-bond donors (Lipinski definition) is 1. The van der Waals surface area contributed by atoms with Crippen LogP contribution in [-0.2, 0) is 17.5 Å². The molecule has 0 fully saturated rings. The van der Waals surface area contributed by atoms with Crippen LogP contribution in [0.2, 0.25) is 0 Å². The van der Waals surface area contributed by atoms with Gasteiger partial charge in [-0.3, -0.25) is 9.48 Å². The Labute approximate surface area is 142 Å². The van der Waals surface area contributed by atoms with E-state index in [9.17, 15) is 18.0 Å². The topological polar surface area (TPSA) is 65.4 Å². The third kappa shape index (κ3) is 4.65. The van der Waals surface area contributed by atoms with E-state index in [4.69, 9.17) is 9.47 Å². The molecule has 1 atom stereocenters. The van der Waals surface area contributed by atoms with E-state index in [2.05, 4.69) is 10.4 Å². The van der Waals surface area contributed by atoms with Crippen molar-refractivity contribution < 1.29 is 27.4 Å². The zero-order valence-corrected chi connectivity index (χ0v) is 13.9. The van der Waals surface area contributed by atoms with E-state index in [1.165, 1.54) is 14.2 Å². The summed E-state index contributed by atoms with van der Waals surface area (Å²) in [6.07, 6.45) is -3.42. The van der Waals surface area contributed by atoms with Crippen molar-refractivity contribution in [2.45, 2.75) is 25.7 Å². The molecule has 0 saturated heterocycles. The quantitative estimate of drug-likeness (QED) is 0.863. The van der Waals surface area contributed by atoms with Gasteiger partial charge >= 0.3 is 6.18 Å². The van der Waals surface area contributed by atoms with Crippen LogP contribution in [0.15, 0.2) is 30.5 Å². The van der Waals surface area contributed by atoms with Crippen LogP contribution in [0.1, 0.15) is 24.2 Å². The van der Waals surface area contributed by atoms with E-state index in [0.29, 0.717) is 11.5 Å². The van der Waals surface area contributed by atoms with Crippen LogP contribution >= 0.6 is 0 Å². The Hall–Kier alpha value is -2.71. The zero-order valence-electron chi connectivity index (χ0n) is 13.9. The fourth-order valence-corrected chi connectivity index (χ4v) is 2.24. The molecule has 0 spiro atoms. The summed E-state index contributed by atoms with van der Waals surface area (Å²) in [5.41, 5.74) is -0.268. The average Bonchev–Trinajstić information content (AvgIpc) is 3.02. The monoisotopic (exact) mass is 357 g/mol. The molecule has 1 aromatic heterocycles. The van der Waals surface area contributed by atoms with Crippen molar-refractivity contribution in [1.82, 2.24) is 15.1 Å². The van der Waals surface area contributed by atoms with Crippen LogP contribution in [0, 0.1) is 0 Å². The predicted molar refractivity (Wildman–Crippen MR) is 83.3 cm³/mol. The van der Waals surface area contributed by atoms with Gasteiger partial charge in [-0.05, 0) is 30.7 Å². The van der Waals surface area contributed by atoms with Crippen molar-refractivity contribution in [2.24, 2.45) is 0 Å². The minimum absolute atomic E-state index is 0.312. The van der Waals surface area contributed by atoms with Gasteiger partial charge in [0.15, 0.2) is 17.2 Å². The molecular formula is C16H18F3N3O3. The number of benzene rings is 1. The molecule has 0 aliphatic carbocycles. The molecule has 0 aliphatic heterocycles. The smallest absolute Gasteiger partial charge is 0.435 e. The third-order valence-corrected chi connectivity index (χ3v) is 3.52. The molecule has 1 unspecified atom stereocenters. The standard InChI is InChI=1S/C16H18F3N3O3/c1-10(11-4-5-12(24-2)13(8-11)25-3)20-15(23)9-22-7-6-14(21-22)16(17,18)19/h4-8,10H,9H2,1-3H3,(H,20,23). The van der Waals surface area contributed by atoms with Gasteiger partial charge in [-0.1, -0.05) is 6.07 Å². The van der Waals surface area contributed by atoms with Crippen LogP contribution in [0.4, 0.5) is 13.2 Å². The number of carbonyl (C=O) groups is 1. The second-order valence-electron chi connectivity index (χ2n) is 5.30. The van der Waals surface area contributed by atoms with E-state index in [1.54, 1.807) is 25.1 Å². The highest BCUT2D eigenvalue weighted by molar-refractivity contribution is 5.76. The molecule has 1 N–H and O–H groups in total. The van der Waals surface area contributed by atoms with E-state index in [1.807, 2.05) is 0 Å². The Morgan fingerprint density at radius 2 is 1.92 bits per heavy atom. The fourth-order valence-electron chi connectivity index (χ4n) is 2.24. The Morgan fingerprint density at radius 3 is 2.48 bits per heavy atom. The summed E-state index contributed by atoms with van der Waals surface area (Å²) in [6, 6.07) is 5.65. The lowest BCUT2D eigenvalue weighted by atomic mass is 10.1. The second kappa shape index (κ2) is 7.45. The lowest BCUT2D eigenvalue weighted by Crippen LogP contribution is -2.30.